The maximum absolute atomic E-state index is 12.9. The van der Waals surface area contributed by atoms with Gasteiger partial charge in [0.2, 0.25) is 5.91 Å². The van der Waals surface area contributed by atoms with Crippen LogP contribution < -0.4 is 11.1 Å². The molecule has 104 valence electrons. The highest BCUT2D eigenvalue weighted by atomic mass is 32.2. The van der Waals surface area contributed by atoms with Gasteiger partial charge < -0.3 is 11.1 Å². The number of carbonyl (C=O) groups is 1. The van der Waals surface area contributed by atoms with E-state index in [2.05, 4.69) is 5.32 Å². The number of hydrogen-bond donors (Lipinski definition) is 2. The Kier molecular flexibility index (Phi) is 4.57. The molecule has 3 N–H and O–H groups in total. The molecule has 0 aliphatic heterocycles. The highest BCUT2D eigenvalue weighted by Gasteiger charge is 2.06. The average Bonchev–Trinajstić information content (AvgIpc) is 2.40. The van der Waals surface area contributed by atoms with E-state index in [0.29, 0.717) is 16.3 Å². The van der Waals surface area contributed by atoms with Gasteiger partial charge in [-0.1, -0.05) is 0 Å². The Morgan fingerprint density at radius 3 is 2.40 bits per heavy atom. The first-order chi connectivity index (χ1) is 9.54. The first kappa shape index (κ1) is 14.3. The van der Waals surface area contributed by atoms with Crippen LogP contribution in [0, 0.1) is 11.6 Å². The largest absolute Gasteiger partial charge is 0.398 e. The van der Waals surface area contributed by atoms with Gasteiger partial charge in [-0.2, -0.15) is 0 Å². The summed E-state index contributed by atoms with van der Waals surface area (Å²) in [6.45, 7) is 0. The second kappa shape index (κ2) is 6.38. The number of amides is 1. The Morgan fingerprint density at radius 1 is 1.10 bits per heavy atom. The Hall–Kier alpha value is -2.08. The Balaban J connectivity index is 1.90. The lowest BCUT2D eigenvalue weighted by atomic mass is 10.3. The number of benzene rings is 2. The van der Waals surface area contributed by atoms with Crippen molar-refractivity contribution >= 4 is 29.0 Å². The van der Waals surface area contributed by atoms with Crippen molar-refractivity contribution in [3.63, 3.8) is 0 Å². The molecule has 0 saturated heterocycles. The van der Waals surface area contributed by atoms with Gasteiger partial charge in [0.1, 0.15) is 11.6 Å². The van der Waals surface area contributed by atoms with Gasteiger partial charge in [0.25, 0.3) is 0 Å². The highest BCUT2D eigenvalue weighted by Crippen LogP contribution is 2.25. The normalized spacial score (nSPS) is 10.3. The number of nitrogens with one attached hydrogen (secondary N) is 1. The minimum atomic E-state index is -0.414. The summed E-state index contributed by atoms with van der Waals surface area (Å²) in [5.74, 6) is -0.892. The molecule has 0 aromatic heterocycles. The van der Waals surface area contributed by atoms with Gasteiger partial charge in [0.15, 0.2) is 0 Å². The summed E-state index contributed by atoms with van der Waals surface area (Å²) < 4.78 is 25.6. The molecule has 2 rings (SSSR count). The highest BCUT2D eigenvalue weighted by molar-refractivity contribution is 8.00. The number of rotatable bonds is 4. The van der Waals surface area contributed by atoms with Crippen molar-refractivity contribution in [2.24, 2.45) is 0 Å². The van der Waals surface area contributed by atoms with E-state index in [9.17, 15) is 13.6 Å². The van der Waals surface area contributed by atoms with Crippen molar-refractivity contribution in [2.45, 2.75) is 4.90 Å². The van der Waals surface area contributed by atoms with Gasteiger partial charge in [-0.15, -0.1) is 11.8 Å². The molecule has 3 nitrogen and oxygen atoms in total. The minimum absolute atomic E-state index is 0.132. The number of anilines is 2. The van der Waals surface area contributed by atoms with Crippen LogP contribution in [0.5, 0.6) is 0 Å². The van der Waals surface area contributed by atoms with Crippen LogP contribution in [0.4, 0.5) is 20.2 Å². The molecule has 0 spiro atoms. The molecule has 0 aliphatic rings. The van der Waals surface area contributed by atoms with Crippen LogP contribution in [0.1, 0.15) is 0 Å². The number of halogens is 2. The second-order valence-corrected chi connectivity index (χ2v) is 5.04. The van der Waals surface area contributed by atoms with Crippen LogP contribution >= 0.6 is 11.8 Å². The van der Waals surface area contributed by atoms with Crippen LogP contribution in [0.15, 0.2) is 47.4 Å². The number of hydrogen-bond acceptors (Lipinski definition) is 3. The van der Waals surface area contributed by atoms with Crippen molar-refractivity contribution in [3.05, 3.63) is 54.1 Å². The van der Waals surface area contributed by atoms with Crippen LogP contribution in [0.3, 0.4) is 0 Å². The molecule has 0 bridgehead atoms. The topological polar surface area (TPSA) is 55.1 Å². The Bertz CT molecular complexity index is 617. The predicted molar refractivity (Wildman–Crippen MR) is 76.6 cm³/mol. The lowest BCUT2D eigenvalue weighted by Gasteiger charge is -2.07. The standard InChI is InChI=1S/C14H12F2N2OS/c15-9-1-4-11(5-2-9)18-14(19)8-20-13-6-3-10(16)7-12(13)17/h1-7H,8,17H2,(H,18,19). The van der Waals surface area contributed by atoms with Gasteiger partial charge in [0.05, 0.1) is 5.75 Å². The third kappa shape index (κ3) is 3.96. The van der Waals surface area contributed by atoms with E-state index in [0.717, 1.165) is 0 Å². The molecule has 2 aromatic rings. The molecule has 0 atom stereocenters. The minimum Gasteiger partial charge on any atom is -0.398 e. The molecule has 0 aliphatic carbocycles. The summed E-state index contributed by atoms with van der Waals surface area (Å²) in [6.07, 6.45) is 0. The van der Waals surface area contributed by atoms with Crippen molar-refractivity contribution in [2.75, 3.05) is 16.8 Å². The maximum atomic E-state index is 12.9. The molecular formula is C14H12F2N2OS. The smallest absolute Gasteiger partial charge is 0.234 e. The van der Waals surface area contributed by atoms with Gasteiger partial charge in [-0.25, -0.2) is 8.78 Å². The zero-order chi connectivity index (χ0) is 14.5. The molecule has 0 fully saturated rings. The summed E-state index contributed by atoms with van der Waals surface area (Å²) in [5.41, 5.74) is 6.46. The molecule has 0 saturated carbocycles. The first-order valence-electron chi connectivity index (χ1n) is 5.78. The summed E-state index contributed by atoms with van der Waals surface area (Å²) in [4.78, 5) is 12.3. The fraction of sp³-hybridized carbons (Fsp3) is 0.0714. The first-order valence-corrected chi connectivity index (χ1v) is 6.76. The van der Waals surface area contributed by atoms with E-state index in [-0.39, 0.29) is 17.5 Å². The van der Waals surface area contributed by atoms with Gasteiger partial charge in [0, 0.05) is 16.3 Å². The molecular weight excluding hydrogens is 282 g/mol. The summed E-state index contributed by atoms with van der Waals surface area (Å²) in [7, 11) is 0. The number of nitrogen functional groups attached to an aromatic ring is 1. The monoisotopic (exact) mass is 294 g/mol. The Labute approximate surface area is 119 Å². The number of carbonyl (C=O) groups excluding carboxylic acids is 1. The van der Waals surface area contributed by atoms with E-state index in [4.69, 9.17) is 5.73 Å². The second-order valence-electron chi connectivity index (χ2n) is 4.03. The Morgan fingerprint density at radius 2 is 1.75 bits per heavy atom. The summed E-state index contributed by atoms with van der Waals surface area (Å²) in [6, 6.07) is 9.51. The summed E-state index contributed by atoms with van der Waals surface area (Å²) in [5, 5.41) is 2.63. The fourth-order valence-corrected chi connectivity index (χ4v) is 2.27. The average molecular weight is 294 g/mol. The van der Waals surface area contributed by atoms with Crippen molar-refractivity contribution in [1.29, 1.82) is 0 Å². The van der Waals surface area contributed by atoms with E-state index >= 15 is 0 Å². The SMILES string of the molecule is Nc1cc(F)ccc1SCC(=O)Nc1ccc(F)cc1. The van der Waals surface area contributed by atoms with Crippen molar-refractivity contribution in [3.8, 4) is 0 Å². The van der Waals surface area contributed by atoms with E-state index in [1.165, 1.54) is 54.2 Å². The van der Waals surface area contributed by atoms with Crippen molar-refractivity contribution < 1.29 is 13.6 Å². The molecule has 0 radical (unpaired) electrons. The molecule has 20 heavy (non-hydrogen) atoms. The van der Waals surface area contributed by atoms with E-state index in [1.54, 1.807) is 0 Å². The zero-order valence-electron chi connectivity index (χ0n) is 10.4. The van der Waals surface area contributed by atoms with Crippen LogP contribution in [0.2, 0.25) is 0 Å². The fourth-order valence-electron chi connectivity index (χ4n) is 1.52. The van der Waals surface area contributed by atoms with Gasteiger partial charge >= 0.3 is 0 Å². The third-order valence-corrected chi connectivity index (χ3v) is 3.55. The van der Waals surface area contributed by atoms with Crippen LogP contribution in [-0.2, 0) is 4.79 Å². The van der Waals surface area contributed by atoms with E-state index < -0.39 is 5.82 Å². The molecule has 2 aromatic carbocycles. The van der Waals surface area contributed by atoms with Gasteiger partial charge in [-0.3, -0.25) is 4.79 Å². The maximum Gasteiger partial charge on any atom is 0.234 e. The van der Waals surface area contributed by atoms with Crippen LogP contribution in [-0.4, -0.2) is 11.7 Å². The zero-order valence-corrected chi connectivity index (χ0v) is 11.2. The van der Waals surface area contributed by atoms with E-state index in [1.807, 2.05) is 0 Å². The van der Waals surface area contributed by atoms with Gasteiger partial charge in [-0.05, 0) is 42.5 Å². The third-order valence-electron chi connectivity index (χ3n) is 2.46. The number of thioether (sulfide) groups is 1. The lowest BCUT2D eigenvalue weighted by Crippen LogP contribution is -2.14. The van der Waals surface area contributed by atoms with Crippen molar-refractivity contribution in [1.82, 2.24) is 0 Å². The molecule has 0 heterocycles. The molecule has 1 amide bonds. The predicted octanol–water partition coefficient (Wildman–Crippen LogP) is 3.28. The summed E-state index contributed by atoms with van der Waals surface area (Å²) >= 11 is 1.21. The molecule has 6 heteroatoms. The number of nitrogens with two attached hydrogens (primary N) is 1. The molecule has 0 unspecified atom stereocenters. The lowest BCUT2D eigenvalue weighted by molar-refractivity contribution is -0.113. The van der Waals surface area contributed by atoms with Crippen LogP contribution in [0.25, 0.3) is 0 Å². The quantitative estimate of drug-likeness (QED) is 0.672.